The van der Waals surface area contributed by atoms with E-state index in [1.807, 2.05) is 20.8 Å². The van der Waals surface area contributed by atoms with Crippen molar-refractivity contribution in [2.24, 2.45) is 0 Å². The van der Waals surface area contributed by atoms with Crippen LogP contribution in [0.5, 0.6) is 5.75 Å². The fourth-order valence-electron chi connectivity index (χ4n) is 2.24. The zero-order chi connectivity index (χ0) is 17.0. The van der Waals surface area contributed by atoms with Gasteiger partial charge in [0.2, 0.25) is 0 Å². The maximum absolute atomic E-state index is 12.0. The van der Waals surface area contributed by atoms with Crippen LogP contribution in [-0.2, 0) is 5.41 Å². The number of rotatable bonds is 3. The van der Waals surface area contributed by atoms with Crippen molar-refractivity contribution in [3.05, 3.63) is 59.7 Å². The fraction of sp³-hybridized carbons (Fsp3) is 0.222. The molecule has 0 bridgehead atoms. The molecule has 0 fully saturated rings. The minimum Gasteiger partial charge on any atom is -0.478 e. The van der Waals surface area contributed by atoms with Crippen LogP contribution in [0.25, 0.3) is 0 Å². The summed E-state index contributed by atoms with van der Waals surface area (Å²) in [5.41, 5.74) is 0.563. The van der Waals surface area contributed by atoms with Gasteiger partial charge in [-0.05, 0) is 29.2 Å². The van der Waals surface area contributed by atoms with Crippen LogP contribution in [0.4, 0.5) is 10.5 Å². The van der Waals surface area contributed by atoms with Crippen LogP contribution in [0.15, 0.2) is 48.5 Å². The molecule has 0 saturated carbocycles. The van der Waals surface area contributed by atoms with Crippen molar-refractivity contribution in [2.45, 2.75) is 26.2 Å². The molecule has 2 aromatic rings. The van der Waals surface area contributed by atoms with Crippen LogP contribution in [0.2, 0.25) is 0 Å². The highest BCUT2D eigenvalue weighted by atomic mass is 16.6. The van der Waals surface area contributed by atoms with Gasteiger partial charge in [-0.3, -0.25) is 5.32 Å². The molecule has 2 N–H and O–H groups in total. The van der Waals surface area contributed by atoms with E-state index in [1.54, 1.807) is 48.5 Å². The number of anilines is 1. The van der Waals surface area contributed by atoms with Crippen LogP contribution >= 0.6 is 0 Å². The third-order valence-electron chi connectivity index (χ3n) is 3.28. The Balaban J connectivity index is 2.29. The normalized spacial score (nSPS) is 10.9. The Kier molecular flexibility index (Phi) is 4.69. The first-order valence-electron chi connectivity index (χ1n) is 7.19. The van der Waals surface area contributed by atoms with E-state index in [0.29, 0.717) is 11.3 Å². The monoisotopic (exact) mass is 313 g/mol. The lowest BCUT2D eigenvalue weighted by Crippen LogP contribution is -2.22. The third-order valence-corrected chi connectivity index (χ3v) is 3.28. The summed E-state index contributed by atoms with van der Waals surface area (Å²) in [5.74, 6) is -0.709. The fourth-order valence-corrected chi connectivity index (χ4v) is 2.24. The second-order valence-electron chi connectivity index (χ2n) is 6.11. The van der Waals surface area contributed by atoms with Crippen molar-refractivity contribution in [3.8, 4) is 5.75 Å². The molecule has 0 spiro atoms. The molecule has 0 atom stereocenters. The van der Waals surface area contributed by atoms with Gasteiger partial charge in [-0.2, -0.15) is 0 Å². The molecule has 5 heteroatoms. The number of para-hydroxylation sites is 1. The Morgan fingerprint density at radius 1 is 1.00 bits per heavy atom. The first kappa shape index (κ1) is 16.5. The molecule has 0 aromatic heterocycles. The van der Waals surface area contributed by atoms with E-state index in [1.165, 1.54) is 0 Å². The highest BCUT2D eigenvalue weighted by Gasteiger charge is 2.25. The van der Waals surface area contributed by atoms with E-state index in [-0.39, 0.29) is 16.7 Å². The quantitative estimate of drug-likeness (QED) is 0.886. The molecule has 120 valence electrons. The van der Waals surface area contributed by atoms with Crippen LogP contribution in [-0.4, -0.2) is 17.2 Å². The molecule has 0 aliphatic carbocycles. The summed E-state index contributed by atoms with van der Waals surface area (Å²) in [4.78, 5) is 23.6. The lowest BCUT2D eigenvalue weighted by atomic mass is 9.83. The Morgan fingerprint density at radius 3 is 2.22 bits per heavy atom. The zero-order valence-corrected chi connectivity index (χ0v) is 13.3. The van der Waals surface area contributed by atoms with Crippen molar-refractivity contribution in [2.75, 3.05) is 5.32 Å². The van der Waals surface area contributed by atoms with Gasteiger partial charge in [0, 0.05) is 0 Å². The molecular weight excluding hydrogens is 294 g/mol. The lowest BCUT2D eigenvalue weighted by Gasteiger charge is -2.23. The molecule has 2 aromatic carbocycles. The molecule has 0 unspecified atom stereocenters. The summed E-state index contributed by atoms with van der Waals surface area (Å²) in [6.07, 6.45) is -0.732. The minimum absolute atomic E-state index is 0.0741. The van der Waals surface area contributed by atoms with E-state index in [9.17, 15) is 14.7 Å². The molecule has 23 heavy (non-hydrogen) atoms. The number of nitrogens with one attached hydrogen (secondary N) is 1. The summed E-state index contributed by atoms with van der Waals surface area (Å²) < 4.78 is 5.14. The van der Waals surface area contributed by atoms with Crippen LogP contribution in [0.1, 0.15) is 36.7 Å². The largest absolute Gasteiger partial charge is 0.478 e. The summed E-state index contributed by atoms with van der Waals surface area (Å²) >= 11 is 0. The Morgan fingerprint density at radius 2 is 1.65 bits per heavy atom. The number of ether oxygens (including phenoxy) is 1. The van der Waals surface area contributed by atoms with Crippen molar-refractivity contribution in [3.63, 3.8) is 0 Å². The van der Waals surface area contributed by atoms with Crippen LogP contribution in [0, 0.1) is 0 Å². The average Bonchev–Trinajstić information content (AvgIpc) is 2.46. The summed E-state index contributed by atoms with van der Waals surface area (Å²) in [6, 6.07) is 13.6. The van der Waals surface area contributed by atoms with Gasteiger partial charge in [0.15, 0.2) is 0 Å². The topological polar surface area (TPSA) is 75.6 Å². The third kappa shape index (κ3) is 4.10. The van der Waals surface area contributed by atoms with Crippen LogP contribution in [0.3, 0.4) is 0 Å². The number of hydrogen-bond donors (Lipinski definition) is 2. The maximum atomic E-state index is 12.0. The number of hydrogen-bond acceptors (Lipinski definition) is 3. The van der Waals surface area contributed by atoms with Gasteiger partial charge >= 0.3 is 12.1 Å². The molecule has 0 radical (unpaired) electrons. The van der Waals surface area contributed by atoms with Gasteiger partial charge in [0.25, 0.3) is 0 Å². The Hall–Kier alpha value is -2.82. The standard InChI is InChI=1S/C18H19NO4/c1-18(2,3)13-10-7-11-14(15(13)16(20)21)19-17(22)23-12-8-5-4-6-9-12/h4-11H,1-3H3,(H,19,22)(H,20,21). The summed E-state index contributed by atoms with van der Waals surface area (Å²) in [7, 11) is 0. The van der Waals surface area contributed by atoms with Crippen molar-refractivity contribution < 1.29 is 19.4 Å². The van der Waals surface area contributed by atoms with Gasteiger partial charge in [0.1, 0.15) is 5.75 Å². The molecule has 0 aliphatic rings. The second-order valence-corrected chi connectivity index (χ2v) is 6.11. The number of carboxylic acids is 1. The van der Waals surface area contributed by atoms with E-state index in [2.05, 4.69) is 5.32 Å². The van der Waals surface area contributed by atoms with Gasteiger partial charge in [-0.1, -0.05) is 51.1 Å². The number of aromatic carboxylic acids is 1. The Labute approximate surface area is 134 Å². The number of carbonyl (C=O) groups is 2. The number of benzene rings is 2. The van der Waals surface area contributed by atoms with Gasteiger partial charge in [-0.15, -0.1) is 0 Å². The lowest BCUT2D eigenvalue weighted by molar-refractivity contribution is 0.0695. The molecule has 0 heterocycles. The summed E-state index contributed by atoms with van der Waals surface area (Å²) in [5, 5.41) is 12.0. The highest BCUT2D eigenvalue weighted by Crippen LogP contribution is 2.30. The molecule has 5 nitrogen and oxygen atoms in total. The average molecular weight is 313 g/mol. The molecular formula is C18H19NO4. The van der Waals surface area contributed by atoms with E-state index in [4.69, 9.17) is 4.74 Å². The number of carboxylic acid groups (broad SMARTS) is 1. The Bertz CT molecular complexity index is 718. The first-order chi connectivity index (χ1) is 10.8. The van der Waals surface area contributed by atoms with E-state index < -0.39 is 12.1 Å². The van der Waals surface area contributed by atoms with Gasteiger partial charge in [-0.25, -0.2) is 9.59 Å². The smallest absolute Gasteiger partial charge is 0.417 e. The molecule has 0 aliphatic heterocycles. The summed E-state index contributed by atoms with van der Waals surface area (Å²) in [6.45, 7) is 5.75. The molecule has 0 saturated heterocycles. The predicted molar refractivity (Wildman–Crippen MR) is 88.2 cm³/mol. The first-order valence-corrected chi connectivity index (χ1v) is 7.19. The van der Waals surface area contributed by atoms with Gasteiger partial charge < -0.3 is 9.84 Å². The van der Waals surface area contributed by atoms with E-state index >= 15 is 0 Å². The minimum atomic E-state index is -1.09. The number of amides is 1. The highest BCUT2D eigenvalue weighted by molar-refractivity contribution is 6.00. The van der Waals surface area contributed by atoms with Gasteiger partial charge in [0.05, 0.1) is 11.3 Å². The van der Waals surface area contributed by atoms with Crippen LogP contribution < -0.4 is 10.1 Å². The second kappa shape index (κ2) is 6.52. The maximum Gasteiger partial charge on any atom is 0.417 e. The SMILES string of the molecule is CC(C)(C)c1cccc(NC(=O)Oc2ccccc2)c1C(=O)O. The van der Waals surface area contributed by atoms with Crippen molar-refractivity contribution >= 4 is 17.7 Å². The van der Waals surface area contributed by atoms with Crippen molar-refractivity contribution in [1.29, 1.82) is 0 Å². The predicted octanol–water partition coefficient (Wildman–Crippen LogP) is 4.29. The number of carbonyl (C=O) groups excluding carboxylic acids is 1. The van der Waals surface area contributed by atoms with Crippen molar-refractivity contribution in [1.82, 2.24) is 0 Å². The molecule has 1 amide bonds. The molecule has 2 rings (SSSR count). The van der Waals surface area contributed by atoms with E-state index in [0.717, 1.165) is 0 Å². The zero-order valence-electron chi connectivity index (χ0n) is 13.3.